The van der Waals surface area contributed by atoms with Crippen molar-refractivity contribution in [3.63, 3.8) is 0 Å². The molecule has 0 fully saturated rings. The van der Waals surface area contributed by atoms with Gasteiger partial charge in [0.25, 0.3) is 5.91 Å². The van der Waals surface area contributed by atoms with Crippen LogP contribution in [0.2, 0.25) is 0 Å². The van der Waals surface area contributed by atoms with Gasteiger partial charge < -0.3 is 9.55 Å². The smallest absolute Gasteiger partial charge is 0.273 e. The molecule has 0 saturated carbocycles. The van der Waals surface area contributed by atoms with Crippen molar-refractivity contribution >= 4 is 33.9 Å². The highest BCUT2D eigenvalue weighted by molar-refractivity contribution is 6.07. The van der Waals surface area contributed by atoms with Crippen LogP contribution in [0.5, 0.6) is 0 Å². The lowest BCUT2D eigenvalue weighted by Gasteiger charge is -1.97. The van der Waals surface area contributed by atoms with E-state index in [0.717, 1.165) is 27.4 Å². The van der Waals surface area contributed by atoms with Crippen LogP contribution in [0.25, 0.3) is 21.8 Å². The van der Waals surface area contributed by atoms with Gasteiger partial charge in [-0.3, -0.25) is 4.79 Å². The Bertz CT molecular complexity index is 1070. The molecule has 4 aromatic rings. The van der Waals surface area contributed by atoms with Gasteiger partial charge in [-0.15, -0.1) is 0 Å². The summed E-state index contributed by atoms with van der Waals surface area (Å²) in [4.78, 5) is 15.6. The fourth-order valence-corrected chi connectivity index (χ4v) is 2.94. The van der Waals surface area contributed by atoms with E-state index in [0.29, 0.717) is 5.56 Å². The molecule has 0 spiro atoms. The Hall–Kier alpha value is -3.34. The van der Waals surface area contributed by atoms with Gasteiger partial charge in [-0.05, 0) is 12.1 Å². The minimum Gasteiger partial charge on any atom is -0.361 e. The first-order valence-electron chi connectivity index (χ1n) is 7.67. The number of benzene rings is 2. The molecule has 0 aliphatic rings. The predicted octanol–water partition coefficient (Wildman–Crippen LogP) is 3.42. The SMILES string of the molecule is Cn1cc(C(=O)N/N=C/c2c[nH]c3ccccc23)c2ccccc21. The van der Waals surface area contributed by atoms with Crippen LogP contribution in [0.15, 0.2) is 66.0 Å². The van der Waals surface area contributed by atoms with Gasteiger partial charge in [0.2, 0.25) is 0 Å². The van der Waals surface area contributed by atoms with E-state index < -0.39 is 0 Å². The van der Waals surface area contributed by atoms with Crippen LogP contribution < -0.4 is 5.43 Å². The number of hydrazone groups is 1. The third-order valence-electron chi connectivity index (χ3n) is 4.13. The Kier molecular flexibility index (Phi) is 3.39. The number of carbonyl (C=O) groups is 1. The zero-order chi connectivity index (χ0) is 16.5. The summed E-state index contributed by atoms with van der Waals surface area (Å²) in [6.45, 7) is 0. The van der Waals surface area contributed by atoms with E-state index >= 15 is 0 Å². The van der Waals surface area contributed by atoms with Crippen molar-refractivity contribution in [2.45, 2.75) is 0 Å². The van der Waals surface area contributed by atoms with Gasteiger partial charge in [-0.2, -0.15) is 5.10 Å². The van der Waals surface area contributed by atoms with E-state index in [1.54, 1.807) is 6.21 Å². The third kappa shape index (κ3) is 2.36. The van der Waals surface area contributed by atoms with Gasteiger partial charge in [-0.25, -0.2) is 5.43 Å². The summed E-state index contributed by atoms with van der Waals surface area (Å²) in [7, 11) is 1.92. The van der Waals surface area contributed by atoms with Crippen LogP contribution in [0.3, 0.4) is 0 Å². The van der Waals surface area contributed by atoms with Crippen LogP contribution in [-0.4, -0.2) is 21.7 Å². The Morgan fingerprint density at radius 2 is 1.88 bits per heavy atom. The van der Waals surface area contributed by atoms with E-state index in [-0.39, 0.29) is 5.91 Å². The minimum absolute atomic E-state index is 0.220. The quantitative estimate of drug-likeness (QED) is 0.441. The van der Waals surface area contributed by atoms with Crippen molar-refractivity contribution in [3.8, 4) is 0 Å². The van der Waals surface area contributed by atoms with Crippen molar-refractivity contribution in [1.82, 2.24) is 15.0 Å². The highest BCUT2D eigenvalue weighted by Crippen LogP contribution is 2.20. The molecule has 5 heteroatoms. The molecular weight excluding hydrogens is 300 g/mol. The summed E-state index contributed by atoms with van der Waals surface area (Å²) in [5.41, 5.74) is 6.22. The summed E-state index contributed by atoms with van der Waals surface area (Å²) in [5.74, 6) is -0.220. The topological polar surface area (TPSA) is 62.2 Å². The molecular formula is C19H16N4O. The van der Waals surface area contributed by atoms with Crippen molar-refractivity contribution < 1.29 is 4.79 Å². The molecule has 0 saturated heterocycles. The minimum atomic E-state index is -0.220. The molecule has 0 radical (unpaired) electrons. The fourth-order valence-electron chi connectivity index (χ4n) is 2.94. The van der Waals surface area contributed by atoms with Gasteiger partial charge in [0.1, 0.15) is 0 Å². The number of aromatic nitrogens is 2. The second kappa shape index (κ2) is 5.70. The van der Waals surface area contributed by atoms with Crippen molar-refractivity contribution in [2.24, 2.45) is 12.1 Å². The number of fused-ring (bicyclic) bond motifs is 2. The molecule has 0 aliphatic heterocycles. The van der Waals surface area contributed by atoms with Gasteiger partial charge in [-0.1, -0.05) is 36.4 Å². The number of rotatable bonds is 3. The number of aromatic amines is 1. The van der Waals surface area contributed by atoms with E-state index in [4.69, 9.17) is 0 Å². The summed E-state index contributed by atoms with van der Waals surface area (Å²) in [6.07, 6.45) is 5.35. The first-order chi connectivity index (χ1) is 11.7. The summed E-state index contributed by atoms with van der Waals surface area (Å²) in [6, 6.07) is 15.8. The highest BCUT2D eigenvalue weighted by Gasteiger charge is 2.12. The Labute approximate surface area is 138 Å². The third-order valence-corrected chi connectivity index (χ3v) is 4.13. The monoisotopic (exact) mass is 316 g/mol. The zero-order valence-corrected chi connectivity index (χ0v) is 13.2. The van der Waals surface area contributed by atoms with Gasteiger partial charge in [0, 0.05) is 46.8 Å². The molecule has 1 amide bonds. The molecule has 4 rings (SSSR count). The molecule has 118 valence electrons. The van der Waals surface area contributed by atoms with E-state index in [9.17, 15) is 4.79 Å². The number of para-hydroxylation sites is 2. The molecule has 24 heavy (non-hydrogen) atoms. The normalized spacial score (nSPS) is 11.5. The van der Waals surface area contributed by atoms with Crippen LogP contribution in [0.1, 0.15) is 15.9 Å². The maximum atomic E-state index is 12.4. The van der Waals surface area contributed by atoms with Crippen LogP contribution in [0.4, 0.5) is 0 Å². The first-order valence-corrected chi connectivity index (χ1v) is 7.67. The lowest BCUT2D eigenvalue weighted by atomic mass is 10.2. The second-order valence-corrected chi connectivity index (χ2v) is 5.66. The number of carbonyl (C=O) groups excluding carboxylic acids is 1. The molecule has 2 aromatic heterocycles. The number of hydrogen-bond donors (Lipinski definition) is 2. The standard InChI is InChI=1S/C19H16N4O/c1-23-12-16(15-7-3-5-9-18(15)23)19(24)22-21-11-13-10-20-17-8-4-2-6-14(13)17/h2-12,20H,1H3,(H,22,24)/b21-11+. The second-order valence-electron chi connectivity index (χ2n) is 5.66. The Morgan fingerprint density at radius 1 is 1.12 bits per heavy atom. The molecule has 0 unspecified atom stereocenters. The van der Waals surface area contributed by atoms with Crippen molar-refractivity contribution in [3.05, 3.63) is 72.1 Å². The average Bonchev–Trinajstić information content (AvgIpc) is 3.17. The van der Waals surface area contributed by atoms with Crippen molar-refractivity contribution in [2.75, 3.05) is 0 Å². The summed E-state index contributed by atoms with van der Waals surface area (Å²) >= 11 is 0. The molecule has 2 aromatic carbocycles. The zero-order valence-electron chi connectivity index (χ0n) is 13.2. The summed E-state index contributed by atoms with van der Waals surface area (Å²) in [5, 5.41) is 6.09. The largest absolute Gasteiger partial charge is 0.361 e. The number of nitrogens with zero attached hydrogens (tertiary/aromatic N) is 2. The van der Waals surface area contributed by atoms with Gasteiger partial charge in [0.05, 0.1) is 11.8 Å². The Morgan fingerprint density at radius 3 is 2.75 bits per heavy atom. The summed E-state index contributed by atoms with van der Waals surface area (Å²) < 4.78 is 1.94. The highest BCUT2D eigenvalue weighted by atomic mass is 16.2. The Balaban J connectivity index is 1.58. The van der Waals surface area contributed by atoms with E-state index in [2.05, 4.69) is 15.5 Å². The van der Waals surface area contributed by atoms with Gasteiger partial charge in [0.15, 0.2) is 0 Å². The fraction of sp³-hybridized carbons (Fsp3) is 0.0526. The molecule has 0 atom stereocenters. The van der Waals surface area contributed by atoms with Crippen LogP contribution in [0, 0.1) is 0 Å². The predicted molar refractivity (Wildman–Crippen MR) is 96.3 cm³/mol. The molecule has 2 heterocycles. The first kappa shape index (κ1) is 14.3. The van der Waals surface area contributed by atoms with E-state index in [1.807, 2.05) is 72.5 Å². The molecule has 5 nitrogen and oxygen atoms in total. The van der Waals surface area contributed by atoms with Crippen LogP contribution in [-0.2, 0) is 7.05 Å². The van der Waals surface area contributed by atoms with E-state index in [1.165, 1.54) is 0 Å². The number of H-pyrrole nitrogens is 1. The number of amides is 1. The van der Waals surface area contributed by atoms with Gasteiger partial charge >= 0.3 is 0 Å². The maximum Gasteiger partial charge on any atom is 0.273 e. The van der Waals surface area contributed by atoms with Crippen LogP contribution >= 0.6 is 0 Å². The average molecular weight is 316 g/mol. The van der Waals surface area contributed by atoms with Crippen molar-refractivity contribution in [1.29, 1.82) is 0 Å². The number of nitrogens with one attached hydrogen (secondary N) is 2. The maximum absolute atomic E-state index is 12.4. The number of hydrogen-bond acceptors (Lipinski definition) is 2. The molecule has 0 bridgehead atoms. The lowest BCUT2D eigenvalue weighted by Crippen LogP contribution is -2.17. The molecule has 0 aliphatic carbocycles. The molecule has 2 N–H and O–H groups in total. The lowest BCUT2D eigenvalue weighted by molar-refractivity contribution is 0.0956. The number of aryl methyl sites for hydroxylation is 1.